The molecular weight excluding hydrogens is 227 g/mol. The van der Waals surface area contributed by atoms with E-state index in [9.17, 15) is 9.18 Å². The van der Waals surface area contributed by atoms with Gasteiger partial charge in [-0.2, -0.15) is 0 Å². The lowest BCUT2D eigenvalue weighted by Gasteiger charge is -2.14. The van der Waals surface area contributed by atoms with Crippen molar-refractivity contribution in [2.45, 2.75) is 13.1 Å². The zero-order valence-corrected chi connectivity index (χ0v) is 10.2. The number of benzene rings is 1. The fourth-order valence-corrected chi connectivity index (χ4v) is 1.50. The van der Waals surface area contributed by atoms with Crippen LogP contribution in [0.1, 0.15) is 17.3 Å². The number of halogens is 1. The third-order valence-corrected chi connectivity index (χ3v) is 2.45. The molecule has 0 aliphatic rings. The molecule has 5 heteroatoms. The van der Waals surface area contributed by atoms with Gasteiger partial charge in [-0.25, -0.2) is 9.18 Å². The molecule has 0 aromatic heterocycles. The van der Waals surface area contributed by atoms with E-state index in [1.807, 2.05) is 0 Å². The average molecular weight is 242 g/mol. The molecule has 0 amide bonds. The molecule has 4 nitrogen and oxygen atoms in total. The number of methoxy groups -OCH3 is 3. The second-order valence-electron chi connectivity index (χ2n) is 3.45. The summed E-state index contributed by atoms with van der Waals surface area (Å²) in [4.78, 5) is 11.1. The first kappa shape index (κ1) is 13.3. The van der Waals surface area contributed by atoms with E-state index < -0.39 is 12.1 Å². The van der Waals surface area contributed by atoms with Crippen LogP contribution in [0.25, 0.3) is 0 Å². The molecule has 0 aliphatic carbocycles. The second-order valence-corrected chi connectivity index (χ2v) is 3.45. The Morgan fingerprint density at radius 2 is 1.71 bits per heavy atom. The lowest BCUT2D eigenvalue weighted by atomic mass is 10.0. The van der Waals surface area contributed by atoms with Gasteiger partial charge in [-0.3, -0.25) is 0 Å². The van der Waals surface area contributed by atoms with Crippen LogP contribution in [-0.4, -0.2) is 27.3 Å². The molecule has 0 spiro atoms. The zero-order chi connectivity index (χ0) is 13.0. The summed E-state index contributed by atoms with van der Waals surface area (Å²) in [5.41, 5.74) is 0.815. The van der Waals surface area contributed by atoms with Crippen molar-refractivity contribution >= 4 is 5.97 Å². The molecule has 1 unspecified atom stereocenters. The van der Waals surface area contributed by atoms with Gasteiger partial charge in [0.15, 0.2) is 11.5 Å². The lowest BCUT2D eigenvalue weighted by Crippen LogP contribution is -2.11. The van der Waals surface area contributed by atoms with Gasteiger partial charge in [0.05, 0.1) is 21.3 Å². The Kier molecular flexibility index (Phi) is 4.31. The van der Waals surface area contributed by atoms with E-state index in [0.717, 1.165) is 7.11 Å². The average Bonchev–Trinajstić information content (AvgIpc) is 2.36. The van der Waals surface area contributed by atoms with Crippen molar-refractivity contribution in [3.05, 3.63) is 23.3 Å². The fraction of sp³-hybridized carbons (Fsp3) is 0.417. The van der Waals surface area contributed by atoms with Crippen LogP contribution in [-0.2, 0) is 9.53 Å². The molecule has 1 rings (SSSR count). The molecule has 0 N–H and O–H groups in total. The molecule has 0 bridgehead atoms. The van der Waals surface area contributed by atoms with E-state index >= 15 is 0 Å². The van der Waals surface area contributed by atoms with Gasteiger partial charge >= 0.3 is 5.97 Å². The van der Waals surface area contributed by atoms with Crippen molar-refractivity contribution in [2.24, 2.45) is 0 Å². The minimum atomic E-state index is -1.82. The third-order valence-electron chi connectivity index (χ3n) is 2.45. The summed E-state index contributed by atoms with van der Waals surface area (Å²) in [5, 5.41) is 0. The van der Waals surface area contributed by atoms with Crippen molar-refractivity contribution in [1.82, 2.24) is 0 Å². The van der Waals surface area contributed by atoms with Crippen molar-refractivity contribution in [3.8, 4) is 11.5 Å². The number of carbonyl (C=O) groups excluding carboxylic acids is 1. The van der Waals surface area contributed by atoms with Gasteiger partial charge < -0.3 is 14.2 Å². The van der Waals surface area contributed by atoms with Crippen LogP contribution >= 0.6 is 0 Å². The summed E-state index contributed by atoms with van der Waals surface area (Å²) in [6.07, 6.45) is -1.82. The number of rotatable bonds is 4. The van der Waals surface area contributed by atoms with Gasteiger partial charge in [0, 0.05) is 5.56 Å². The summed E-state index contributed by atoms with van der Waals surface area (Å²) in [6, 6.07) is 3.06. The fourth-order valence-electron chi connectivity index (χ4n) is 1.50. The Balaban J connectivity index is 3.21. The van der Waals surface area contributed by atoms with E-state index in [1.54, 1.807) is 13.0 Å². The second kappa shape index (κ2) is 5.52. The summed E-state index contributed by atoms with van der Waals surface area (Å²) in [7, 11) is 4.08. The number of aryl methyl sites for hydroxylation is 1. The highest BCUT2D eigenvalue weighted by Gasteiger charge is 2.24. The van der Waals surface area contributed by atoms with Crippen LogP contribution in [0.2, 0.25) is 0 Å². The van der Waals surface area contributed by atoms with E-state index in [-0.39, 0.29) is 5.56 Å². The van der Waals surface area contributed by atoms with Gasteiger partial charge in [-0.15, -0.1) is 0 Å². The predicted molar refractivity (Wildman–Crippen MR) is 60.1 cm³/mol. The van der Waals surface area contributed by atoms with Gasteiger partial charge in [-0.05, 0) is 24.6 Å². The highest BCUT2D eigenvalue weighted by atomic mass is 19.1. The van der Waals surface area contributed by atoms with E-state index in [2.05, 4.69) is 4.74 Å². The molecular formula is C12H15FO4. The van der Waals surface area contributed by atoms with Crippen molar-refractivity contribution in [2.75, 3.05) is 21.3 Å². The number of ether oxygens (including phenoxy) is 3. The van der Waals surface area contributed by atoms with Gasteiger partial charge in [0.2, 0.25) is 6.17 Å². The molecule has 1 atom stereocenters. The maximum Gasteiger partial charge on any atom is 0.345 e. The standard InChI is InChI=1S/C12H15FO4/c1-7-5-9(15-2)10(16-3)6-8(7)11(13)12(14)17-4/h5-6,11H,1-4H3. The SMILES string of the molecule is COC(=O)C(F)c1cc(OC)c(OC)cc1C. The van der Waals surface area contributed by atoms with Crippen LogP contribution in [0, 0.1) is 6.92 Å². The molecule has 0 heterocycles. The zero-order valence-electron chi connectivity index (χ0n) is 10.2. The Hall–Kier alpha value is -1.78. The normalized spacial score (nSPS) is 11.8. The highest BCUT2D eigenvalue weighted by Crippen LogP contribution is 2.34. The molecule has 0 radical (unpaired) electrons. The molecule has 0 fully saturated rings. The summed E-state index contributed by atoms with van der Waals surface area (Å²) in [6.45, 7) is 1.69. The quantitative estimate of drug-likeness (QED) is 0.759. The minimum Gasteiger partial charge on any atom is -0.493 e. The van der Waals surface area contributed by atoms with Crippen molar-refractivity contribution in [1.29, 1.82) is 0 Å². The number of hydrogen-bond acceptors (Lipinski definition) is 4. The maximum absolute atomic E-state index is 13.8. The number of hydrogen-bond donors (Lipinski definition) is 0. The maximum atomic E-state index is 13.8. The van der Waals surface area contributed by atoms with E-state index in [1.165, 1.54) is 20.3 Å². The summed E-state index contributed by atoms with van der Waals surface area (Å²) in [5.74, 6) is -0.0641. The van der Waals surface area contributed by atoms with Gasteiger partial charge in [0.1, 0.15) is 0 Å². The van der Waals surface area contributed by atoms with Crippen LogP contribution in [0.5, 0.6) is 11.5 Å². The smallest absolute Gasteiger partial charge is 0.345 e. The number of carbonyl (C=O) groups is 1. The van der Waals surface area contributed by atoms with Crippen LogP contribution < -0.4 is 9.47 Å². The summed E-state index contributed by atoms with van der Waals surface area (Å²) < 4.78 is 28.3. The molecule has 0 saturated carbocycles. The number of esters is 1. The number of alkyl halides is 1. The topological polar surface area (TPSA) is 44.8 Å². The Morgan fingerprint density at radius 1 is 1.18 bits per heavy atom. The first-order valence-electron chi connectivity index (χ1n) is 4.99. The van der Waals surface area contributed by atoms with E-state index in [4.69, 9.17) is 9.47 Å². The molecule has 1 aromatic rings. The van der Waals surface area contributed by atoms with Gasteiger partial charge in [-0.1, -0.05) is 0 Å². The monoisotopic (exact) mass is 242 g/mol. The Morgan fingerprint density at radius 3 is 2.18 bits per heavy atom. The Labute approximate surface area is 99.3 Å². The van der Waals surface area contributed by atoms with Crippen molar-refractivity contribution < 1.29 is 23.4 Å². The van der Waals surface area contributed by atoms with Crippen molar-refractivity contribution in [3.63, 3.8) is 0 Å². The molecule has 0 aliphatic heterocycles. The minimum absolute atomic E-state index is 0.217. The van der Waals surface area contributed by atoms with Crippen LogP contribution in [0.15, 0.2) is 12.1 Å². The Bertz CT molecular complexity index is 417. The third kappa shape index (κ3) is 2.67. The lowest BCUT2D eigenvalue weighted by molar-refractivity contribution is -0.146. The predicted octanol–water partition coefficient (Wildman–Crippen LogP) is 2.20. The molecule has 1 aromatic carbocycles. The largest absolute Gasteiger partial charge is 0.493 e. The molecule has 17 heavy (non-hydrogen) atoms. The highest BCUT2D eigenvalue weighted by molar-refractivity contribution is 5.77. The first-order chi connectivity index (χ1) is 8.04. The van der Waals surface area contributed by atoms with Crippen LogP contribution in [0.4, 0.5) is 4.39 Å². The van der Waals surface area contributed by atoms with Gasteiger partial charge in [0.25, 0.3) is 0 Å². The van der Waals surface area contributed by atoms with E-state index in [0.29, 0.717) is 17.1 Å². The van der Waals surface area contributed by atoms with Crippen LogP contribution in [0.3, 0.4) is 0 Å². The molecule has 0 saturated heterocycles. The molecule has 94 valence electrons. The summed E-state index contributed by atoms with van der Waals surface area (Å²) >= 11 is 0. The first-order valence-corrected chi connectivity index (χ1v) is 4.99.